The van der Waals surface area contributed by atoms with Crippen LogP contribution in [0, 0.1) is 6.92 Å². The number of anilines is 1. The second-order valence-electron chi connectivity index (χ2n) is 5.14. The van der Waals surface area contributed by atoms with Crippen LogP contribution in [-0.4, -0.2) is 14.5 Å². The normalized spacial score (nSPS) is 11.7. The summed E-state index contributed by atoms with van der Waals surface area (Å²) in [6.07, 6.45) is -0.368. The highest BCUT2D eigenvalue weighted by molar-refractivity contribution is 5.64. The Bertz CT molecular complexity index is 835. The van der Waals surface area contributed by atoms with E-state index in [1.54, 1.807) is 16.8 Å². The van der Waals surface area contributed by atoms with Gasteiger partial charge in [0.1, 0.15) is 12.1 Å². The molecule has 23 heavy (non-hydrogen) atoms. The summed E-state index contributed by atoms with van der Waals surface area (Å²) < 4.78 is 39.2. The molecule has 1 aromatic carbocycles. The van der Waals surface area contributed by atoms with Gasteiger partial charge in [-0.15, -0.1) is 0 Å². The van der Waals surface area contributed by atoms with E-state index in [1.807, 2.05) is 19.1 Å². The van der Waals surface area contributed by atoms with Crippen molar-refractivity contribution >= 4 is 5.69 Å². The summed E-state index contributed by atoms with van der Waals surface area (Å²) in [6, 6.07) is 7.84. The van der Waals surface area contributed by atoms with Crippen LogP contribution in [0.2, 0.25) is 0 Å². The van der Waals surface area contributed by atoms with Gasteiger partial charge in [-0.1, -0.05) is 6.07 Å². The molecule has 2 heterocycles. The molecule has 0 fully saturated rings. The van der Waals surface area contributed by atoms with Crippen LogP contribution in [0.5, 0.6) is 0 Å². The van der Waals surface area contributed by atoms with E-state index in [0.29, 0.717) is 17.2 Å². The zero-order valence-corrected chi connectivity index (χ0v) is 12.2. The second-order valence-corrected chi connectivity index (χ2v) is 5.14. The highest BCUT2D eigenvalue weighted by atomic mass is 19.4. The summed E-state index contributed by atoms with van der Waals surface area (Å²) in [4.78, 5) is 8.10. The van der Waals surface area contributed by atoms with Crippen LogP contribution in [0.1, 0.15) is 11.1 Å². The maximum Gasteiger partial charge on any atom is 0.417 e. The van der Waals surface area contributed by atoms with Gasteiger partial charge in [0.15, 0.2) is 0 Å². The van der Waals surface area contributed by atoms with Crippen molar-refractivity contribution in [1.29, 1.82) is 0 Å². The lowest BCUT2D eigenvalue weighted by Gasteiger charge is -2.07. The first-order chi connectivity index (χ1) is 10.8. The molecular weight excluding hydrogens is 305 g/mol. The molecule has 0 amide bonds. The Morgan fingerprint density at radius 2 is 1.87 bits per heavy atom. The van der Waals surface area contributed by atoms with Crippen molar-refractivity contribution < 1.29 is 13.2 Å². The molecule has 2 N–H and O–H groups in total. The van der Waals surface area contributed by atoms with E-state index in [1.165, 1.54) is 12.4 Å². The van der Waals surface area contributed by atoms with Crippen LogP contribution in [0.25, 0.3) is 17.1 Å². The van der Waals surface area contributed by atoms with Gasteiger partial charge in [0.2, 0.25) is 0 Å². The minimum Gasteiger partial charge on any atom is -0.399 e. The van der Waals surface area contributed by atoms with E-state index in [2.05, 4.69) is 9.97 Å². The standard InChI is InChI=1S/C16H13F3N4/c1-10-6-11(2-4-13(10)20)14-8-23(9-22-14)15-5-3-12(7-21-15)16(17,18)19/h2-9H,20H2,1H3. The zero-order valence-electron chi connectivity index (χ0n) is 12.2. The average molecular weight is 318 g/mol. The van der Waals surface area contributed by atoms with Crippen molar-refractivity contribution in [2.75, 3.05) is 5.73 Å². The first-order valence-electron chi connectivity index (χ1n) is 6.79. The second kappa shape index (κ2) is 5.42. The third-order valence-electron chi connectivity index (χ3n) is 3.49. The maximum absolute atomic E-state index is 12.5. The van der Waals surface area contributed by atoms with Crippen molar-refractivity contribution in [3.63, 3.8) is 0 Å². The molecule has 0 bridgehead atoms. The molecule has 0 spiro atoms. The third kappa shape index (κ3) is 3.03. The Morgan fingerprint density at radius 3 is 2.48 bits per heavy atom. The molecule has 0 radical (unpaired) electrons. The van der Waals surface area contributed by atoms with Gasteiger partial charge >= 0.3 is 6.18 Å². The molecule has 0 saturated heterocycles. The molecule has 0 saturated carbocycles. The van der Waals surface area contributed by atoms with E-state index in [0.717, 1.165) is 23.4 Å². The van der Waals surface area contributed by atoms with Crippen molar-refractivity contribution in [3.8, 4) is 17.1 Å². The van der Waals surface area contributed by atoms with Gasteiger partial charge in [0.05, 0.1) is 11.3 Å². The first kappa shape index (κ1) is 15.1. The predicted octanol–water partition coefficient (Wildman–Crippen LogP) is 3.84. The van der Waals surface area contributed by atoms with Crippen LogP contribution < -0.4 is 5.73 Å². The minimum atomic E-state index is -4.40. The van der Waals surface area contributed by atoms with E-state index in [-0.39, 0.29) is 0 Å². The number of aryl methyl sites for hydroxylation is 1. The molecule has 3 aromatic rings. The maximum atomic E-state index is 12.5. The average Bonchev–Trinajstić information content (AvgIpc) is 2.99. The monoisotopic (exact) mass is 318 g/mol. The van der Waals surface area contributed by atoms with Crippen LogP contribution >= 0.6 is 0 Å². The molecule has 0 aliphatic heterocycles. The van der Waals surface area contributed by atoms with Crippen LogP contribution in [-0.2, 0) is 6.18 Å². The number of halogens is 3. The number of nitrogens with zero attached hydrogens (tertiary/aromatic N) is 3. The minimum absolute atomic E-state index is 0.365. The van der Waals surface area contributed by atoms with Crippen molar-refractivity contribution in [2.24, 2.45) is 0 Å². The predicted molar refractivity (Wildman–Crippen MR) is 80.9 cm³/mol. The van der Waals surface area contributed by atoms with Gasteiger partial charge in [-0.3, -0.25) is 4.57 Å². The number of pyridine rings is 1. The zero-order chi connectivity index (χ0) is 16.6. The van der Waals surface area contributed by atoms with E-state index < -0.39 is 11.7 Å². The topological polar surface area (TPSA) is 56.7 Å². The molecular formula is C16H13F3N4. The number of hydrogen-bond donors (Lipinski definition) is 1. The molecule has 0 unspecified atom stereocenters. The Hall–Kier alpha value is -2.83. The Balaban J connectivity index is 1.91. The number of hydrogen-bond acceptors (Lipinski definition) is 3. The van der Waals surface area contributed by atoms with Crippen LogP contribution in [0.15, 0.2) is 49.1 Å². The molecule has 7 heteroatoms. The fraction of sp³-hybridized carbons (Fsp3) is 0.125. The summed E-state index contributed by atoms with van der Waals surface area (Å²) in [7, 11) is 0. The van der Waals surface area contributed by atoms with Gasteiger partial charge in [0, 0.05) is 23.6 Å². The summed E-state index contributed by atoms with van der Waals surface area (Å²) in [5, 5.41) is 0. The van der Waals surface area contributed by atoms with Crippen LogP contribution in [0.3, 0.4) is 0 Å². The van der Waals surface area contributed by atoms with E-state index in [9.17, 15) is 13.2 Å². The largest absolute Gasteiger partial charge is 0.417 e. The summed E-state index contributed by atoms with van der Waals surface area (Å²) in [5.74, 6) is 0.365. The SMILES string of the molecule is Cc1cc(-c2cn(-c3ccc(C(F)(F)F)cn3)cn2)ccc1N. The summed E-state index contributed by atoms with van der Waals surface area (Å²) in [6.45, 7) is 1.90. The number of alkyl halides is 3. The van der Waals surface area contributed by atoms with Crippen molar-refractivity contribution in [2.45, 2.75) is 13.1 Å². The fourth-order valence-electron chi connectivity index (χ4n) is 2.14. The number of benzene rings is 1. The molecule has 2 aromatic heterocycles. The molecule has 0 atom stereocenters. The Morgan fingerprint density at radius 1 is 1.09 bits per heavy atom. The molecule has 4 nitrogen and oxygen atoms in total. The van der Waals surface area contributed by atoms with Crippen molar-refractivity contribution in [1.82, 2.24) is 14.5 Å². The van der Waals surface area contributed by atoms with Gasteiger partial charge in [-0.25, -0.2) is 9.97 Å². The molecule has 0 aliphatic rings. The van der Waals surface area contributed by atoms with E-state index >= 15 is 0 Å². The summed E-state index contributed by atoms with van der Waals surface area (Å²) in [5.41, 5.74) is 8.20. The number of nitrogens with two attached hydrogens (primary N) is 1. The van der Waals surface area contributed by atoms with Gasteiger partial charge < -0.3 is 5.73 Å². The Labute approximate surface area is 130 Å². The highest BCUT2D eigenvalue weighted by Crippen LogP contribution is 2.29. The molecule has 0 aliphatic carbocycles. The number of aromatic nitrogens is 3. The smallest absolute Gasteiger partial charge is 0.399 e. The van der Waals surface area contributed by atoms with Gasteiger partial charge in [0.25, 0.3) is 0 Å². The lowest BCUT2D eigenvalue weighted by molar-refractivity contribution is -0.137. The first-order valence-corrected chi connectivity index (χ1v) is 6.79. The number of nitrogen functional groups attached to an aromatic ring is 1. The highest BCUT2D eigenvalue weighted by Gasteiger charge is 2.30. The Kier molecular flexibility index (Phi) is 3.55. The third-order valence-corrected chi connectivity index (χ3v) is 3.49. The number of rotatable bonds is 2. The lowest BCUT2D eigenvalue weighted by Crippen LogP contribution is -2.06. The lowest BCUT2D eigenvalue weighted by atomic mass is 10.1. The van der Waals surface area contributed by atoms with Gasteiger partial charge in [-0.05, 0) is 36.8 Å². The van der Waals surface area contributed by atoms with Gasteiger partial charge in [-0.2, -0.15) is 13.2 Å². The van der Waals surface area contributed by atoms with Crippen molar-refractivity contribution in [3.05, 3.63) is 60.2 Å². The summed E-state index contributed by atoms with van der Waals surface area (Å²) >= 11 is 0. The molecule has 3 rings (SSSR count). The molecule has 118 valence electrons. The number of imidazole rings is 1. The fourth-order valence-corrected chi connectivity index (χ4v) is 2.14. The quantitative estimate of drug-likeness (QED) is 0.730. The van der Waals surface area contributed by atoms with Crippen LogP contribution in [0.4, 0.5) is 18.9 Å². The van der Waals surface area contributed by atoms with E-state index in [4.69, 9.17) is 5.73 Å².